The number of hydrogen-bond acceptors (Lipinski definition) is 5. The Kier molecular flexibility index (Phi) is 4.87. The predicted octanol–water partition coefficient (Wildman–Crippen LogP) is 5.05. The molecule has 1 aromatic heterocycles. The van der Waals surface area contributed by atoms with Crippen molar-refractivity contribution in [2.24, 2.45) is 0 Å². The number of nitrogens with zero attached hydrogens (tertiary/aromatic N) is 2. The maximum Gasteiger partial charge on any atom is 0.158 e. The Bertz CT molecular complexity index is 871. The number of nitrogen functional groups attached to an aromatic ring is 1. The molecule has 1 heterocycles. The maximum absolute atomic E-state index is 13.2. The van der Waals surface area contributed by atoms with Crippen LogP contribution in [-0.2, 0) is 0 Å². The molecule has 0 saturated heterocycles. The van der Waals surface area contributed by atoms with Gasteiger partial charge in [0.15, 0.2) is 5.82 Å². The molecule has 0 bridgehead atoms. The Morgan fingerprint density at radius 3 is 2.58 bits per heavy atom. The number of anilines is 3. The lowest BCUT2D eigenvalue weighted by atomic mass is 10.2. The van der Waals surface area contributed by atoms with Crippen LogP contribution in [0.2, 0.25) is 5.02 Å². The van der Waals surface area contributed by atoms with Gasteiger partial charge in [-0.25, -0.2) is 14.4 Å². The number of nitrogens with two attached hydrogens (primary N) is 1. The molecule has 24 heavy (non-hydrogen) atoms. The Morgan fingerprint density at radius 2 is 1.88 bits per heavy atom. The fourth-order valence-electron chi connectivity index (χ4n) is 1.99. The Morgan fingerprint density at radius 1 is 1.12 bits per heavy atom. The van der Waals surface area contributed by atoms with Gasteiger partial charge in [0.2, 0.25) is 0 Å². The van der Waals surface area contributed by atoms with Crippen molar-refractivity contribution in [3.8, 4) is 0 Å². The van der Waals surface area contributed by atoms with Crippen LogP contribution in [0.5, 0.6) is 0 Å². The molecule has 2 aromatic carbocycles. The molecule has 0 spiro atoms. The van der Waals surface area contributed by atoms with Gasteiger partial charge in [0.05, 0.1) is 5.02 Å². The number of benzene rings is 2. The quantitative estimate of drug-likeness (QED) is 0.637. The summed E-state index contributed by atoms with van der Waals surface area (Å²) in [7, 11) is 0. The van der Waals surface area contributed by atoms with Gasteiger partial charge in [-0.15, -0.1) is 0 Å². The van der Waals surface area contributed by atoms with Crippen molar-refractivity contribution in [1.29, 1.82) is 0 Å². The summed E-state index contributed by atoms with van der Waals surface area (Å²) in [5.74, 6) is -0.0317. The molecule has 4 nitrogen and oxygen atoms in total. The van der Waals surface area contributed by atoms with Crippen molar-refractivity contribution in [3.63, 3.8) is 0 Å². The van der Waals surface area contributed by atoms with E-state index in [1.54, 1.807) is 6.07 Å². The SMILES string of the molecule is Cc1ccc(Sc2ncnc(Nc3ccc(F)c(Cl)c3)c2N)cc1. The van der Waals surface area contributed by atoms with E-state index in [4.69, 9.17) is 17.3 Å². The zero-order valence-corrected chi connectivity index (χ0v) is 14.3. The molecular formula is C17H14ClFN4S. The van der Waals surface area contributed by atoms with E-state index in [9.17, 15) is 4.39 Å². The first-order valence-corrected chi connectivity index (χ1v) is 8.29. The predicted molar refractivity (Wildman–Crippen MR) is 96.4 cm³/mol. The zero-order chi connectivity index (χ0) is 17.1. The van der Waals surface area contributed by atoms with E-state index in [1.807, 2.05) is 31.2 Å². The second kappa shape index (κ2) is 7.07. The van der Waals surface area contributed by atoms with Crippen LogP contribution < -0.4 is 11.1 Å². The summed E-state index contributed by atoms with van der Waals surface area (Å²) in [5.41, 5.74) is 8.36. The van der Waals surface area contributed by atoms with Gasteiger partial charge in [0, 0.05) is 10.6 Å². The van der Waals surface area contributed by atoms with E-state index in [1.165, 1.54) is 35.8 Å². The molecule has 0 unspecified atom stereocenters. The van der Waals surface area contributed by atoms with Crippen molar-refractivity contribution in [2.45, 2.75) is 16.8 Å². The van der Waals surface area contributed by atoms with Crippen LogP contribution >= 0.6 is 23.4 Å². The molecular weight excluding hydrogens is 347 g/mol. The Labute approximate surface area is 148 Å². The summed E-state index contributed by atoms with van der Waals surface area (Å²) >= 11 is 7.24. The van der Waals surface area contributed by atoms with Crippen LogP contribution in [0, 0.1) is 12.7 Å². The Hall–Kier alpha value is -2.31. The lowest BCUT2D eigenvalue weighted by Gasteiger charge is -2.11. The maximum atomic E-state index is 13.2. The third-order valence-electron chi connectivity index (χ3n) is 3.27. The average molecular weight is 361 g/mol. The minimum Gasteiger partial charge on any atom is -0.394 e. The average Bonchev–Trinajstić information content (AvgIpc) is 2.57. The van der Waals surface area contributed by atoms with Gasteiger partial charge in [-0.1, -0.05) is 41.1 Å². The first kappa shape index (κ1) is 16.5. The van der Waals surface area contributed by atoms with Gasteiger partial charge in [-0.3, -0.25) is 0 Å². The highest BCUT2D eigenvalue weighted by Gasteiger charge is 2.11. The summed E-state index contributed by atoms with van der Waals surface area (Å²) in [5, 5.41) is 3.71. The van der Waals surface area contributed by atoms with Crippen LogP contribution in [0.1, 0.15) is 5.56 Å². The molecule has 3 aromatic rings. The van der Waals surface area contributed by atoms with E-state index in [2.05, 4.69) is 15.3 Å². The molecule has 0 aliphatic carbocycles. The number of aromatic nitrogens is 2. The topological polar surface area (TPSA) is 63.8 Å². The van der Waals surface area contributed by atoms with Crippen molar-refractivity contribution in [3.05, 3.63) is 65.2 Å². The summed E-state index contributed by atoms with van der Waals surface area (Å²) in [6.45, 7) is 2.03. The monoisotopic (exact) mass is 360 g/mol. The van der Waals surface area contributed by atoms with E-state index in [-0.39, 0.29) is 5.02 Å². The second-order valence-electron chi connectivity index (χ2n) is 5.11. The van der Waals surface area contributed by atoms with Crippen LogP contribution in [0.25, 0.3) is 0 Å². The normalized spacial score (nSPS) is 10.6. The summed E-state index contributed by atoms with van der Waals surface area (Å²) in [6, 6.07) is 12.4. The molecule has 0 atom stereocenters. The standard InChI is InChI=1S/C17H14ClFN4S/c1-10-2-5-12(6-3-10)24-17-15(20)16(21-9-22-17)23-11-4-7-14(19)13(18)8-11/h2-9H,20H2,1H3,(H,21,22,23). The number of halogens is 2. The molecule has 3 rings (SSSR count). The highest BCUT2D eigenvalue weighted by molar-refractivity contribution is 7.99. The van der Waals surface area contributed by atoms with Gasteiger partial charge in [0.25, 0.3) is 0 Å². The fourth-order valence-corrected chi connectivity index (χ4v) is 2.97. The van der Waals surface area contributed by atoms with Crippen molar-refractivity contribution in [2.75, 3.05) is 11.1 Å². The molecule has 122 valence electrons. The molecule has 0 aliphatic rings. The lowest BCUT2D eigenvalue weighted by molar-refractivity contribution is 0.628. The number of rotatable bonds is 4. The summed E-state index contributed by atoms with van der Waals surface area (Å²) in [4.78, 5) is 9.40. The van der Waals surface area contributed by atoms with Gasteiger partial charge in [0.1, 0.15) is 22.9 Å². The van der Waals surface area contributed by atoms with Gasteiger partial charge < -0.3 is 11.1 Å². The largest absolute Gasteiger partial charge is 0.394 e. The van der Waals surface area contributed by atoms with Crippen LogP contribution in [0.4, 0.5) is 21.6 Å². The van der Waals surface area contributed by atoms with Crippen LogP contribution in [-0.4, -0.2) is 9.97 Å². The minimum absolute atomic E-state index is 0.0295. The van der Waals surface area contributed by atoms with E-state index in [0.717, 1.165) is 4.90 Å². The van der Waals surface area contributed by atoms with Crippen LogP contribution in [0.3, 0.4) is 0 Å². The first-order chi connectivity index (χ1) is 11.5. The first-order valence-electron chi connectivity index (χ1n) is 7.10. The molecule has 3 N–H and O–H groups in total. The van der Waals surface area contributed by atoms with E-state index in [0.29, 0.717) is 22.2 Å². The minimum atomic E-state index is -0.478. The third-order valence-corrected chi connectivity index (χ3v) is 4.58. The molecule has 0 radical (unpaired) electrons. The third kappa shape index (κ3) is 3.77. The molecule has 7 heteroatoms. The number of aryl methyl sites for hydroxylation is 1. The highest BCUT2D eigenvalue weighted by atomic mass is 35.5. The summed E-state index contributed by atoms with van der Waals surface area (Å²) in [6.07, 6.45) is 1.43. The second-order valence-corrected chi connectivity index (χ2v) is 6.58. The van der Waals surface area contributed by atoms with Crippen molar-refractivity contribution < 1.29 is 4.39 Å². The molecule has 0 saturated carbocycles. The number of hydrogen-bond donors (Lipinski definition) is 2. The van der Waals surface area contributed by atoms with Gasteiger partial charge in [-0.05, 0) is 37.3 Å². The zero-order valence-electron chi connectivity index (χ0n) is 12.8. The van der Waals surface area contributed by atoms with E-state index >= 15 is 0 Å². The van der Waals surface area contributed by atoms with Crippen molar-refractivity contribution in [1.82, 2.24) is 9.97 Å². The highest BCUT2D eigenvalue weighted by Crippen LogP contribution is 2.34. The van der Waals surface area contributed by atoms with Crippen LogP contribution in [0.15, 0.2) is 58.7 Å². The number of nitrogens with one attached hydrogen (secondary N) is 1. The molecule has 0 aliphatic heterocycles. The van der Waals surface area contributed by atoms with Gasteiger partial charge >= 0.3 is 0 Å². The van der Waals surface area contributed by atoms with E-state index < -0.39 is 5.82 Å². The lowest BCUT2D eigenvalue weighted by Crippen LogP contribution is -2.02. The fraction of sp³-hybridized carbons (Fsp3) is 0.0588. The Balaban J connectivity index is 1.84. The van der Waals surface area contributed by atoms with Crippen molar-refractivity contribution >= 4 is 40.6 Å². The molecule has 0 fully saturated rings. The smallest absolute Gasteiger partial charge is 0.158 e. The van der Waals surface area contributed by atoms with Gasteiger partial charge in [-0.2, -0.15) is 0 Å². The summed E-state index contributed by atoms with van der Waals surface area (Å²) < 4.78 is 13.2. The molecule has 0 amide bonds.